The predicted molar refractivity (Wildman–Crippen MR) is 133 cm³/mol. The van der Waals surface area contributed by atoms with Crippen molar-refractivity contribution in [2.75, 3.05) is 42.8 Å². The SMILES string of the molecule is CN1CCN(c2cc(C(F)(F)F)ccc2[C@H]2CCc3cc(S(=O)(=O)Nc4cccc(F)n4)ccc32)CC1. The number of halogens is 4. The molecular weight excluding hydrogens is 508 g/mol. The first-order valence-corrected chi connectivity index (χ1v) is 13.4. The molecule has 1 aliphatic heterocycles. The molecule has 2 heterocycles. The third-order valence-electron chi connectivity index (χ3n) is 7.03. The van der Waals surface area contributed by atoms with Crippen LogP contribution in [0.15, 0.2) is 59.5 Å². The molecular formula is C26H26F4N4O2S. The van der Waals surface area contributed by atoms with Crippen LogP contribution >= 0.6 is 0 Å². The Bertz CT molecular complexity index is 1420. The van der Waals surface area contributed by atoms with Crippen LogP contribution < -0.4 is 9.62 Å². The lowest BCUT2D eigenvalue weighted by Crippen LogP contribution is -2.45. The van der Waals surface area contributed by atoms with Crippen LogP contribution in [0.2, 0.25) is 0 Å². The molecule has 0 bridgehead atoms. The summed E-state index contributed by atoms with van der Waals surface area (Å²) in [4.78, 5) is 7.72. The minimum absolute atomic E-state index is 0.0182. The van der Waals surface area contributed by atoms with Gasteiger partial charge in [0.2, 0.25) is 5.95 Å². The quantitative estimate of drug-likeness (QED) is 0.374. The number of benzene rings is 2. The number of anilines is 2. The normalized spacial score (nSPS) is 18.6. The van der Waals surface area contributed by atoms with Crippen molar-refractivity contribution in [1.29, 1.82) is 0 Å². The van der Waals surface area contributed by atoms with Crippen LogP contribution in [0, 0.1) is 5.95 Å². The zero-order valence-corrected chi connectivity index (χ0v) is 20.9. The molecule has 196 valence electrons. The van der Waals surface area contributed by atoms with Gasteiger partial charge in [0, 0.05) is 37.8 Å². The summed E-state index contributed by atoms with van der Waals surface area (Å²) < 4.78 is 82.2. The number of fused-ring (bicyclic) bond motifs is 1. The standard InChI is InChI=1S/C26H26F4N4O2S/c1-33-11-13-34(14-12-33)23-16-18(26(28,29)30)6-9-22(23)21-8-5-17-15-19(7-10-20(17)21)37(35,36)32-25-4-2-3-24(27)31-25/h2-4,6-7,9-10,15-16,21H,5,8,11-14H2,1H3,(H,31,32)/t21-/m0/s1. The summed E-state index contributed by atoms with van der Waals surface area (Å²) in [6.07, 6.45) is -3.20. The molecule has 5 rings (SSSR count). The number of hydrogen-bond donors (Lipinski definition) is 1. The molecule has 1 saturated heterocycles. The topological polar surface area (TPSA) is 65.5 Å². The average molecular weight is 535 g/mol. The summed E-state index contributed by atoms with van der Waals surface area (Å²) in [5, 5.41) is 0. The number of alkyl halides is 3. The number of sulfonamides is 1. The molecule has 11 heteroatoms. The van der Waals surface area contributed by atoms with Crippen molar-refractivity contribution in [2.45, 2.75) is 29.8 Å². The van der Waals surface area contributed by atoms with Crippen molar-refractivity contribution in [3.8, 4) is 0 Å². The summed E-state index contributed by atoms with van der Waals surface area (Å²) in [6.45, 7) is 2.76. The Hall–Kier alpha value is -3.18. The monoisotopic (exact) mass is 534 g/mol. The Morgan fingerprint density at radius 2 is 1.70 bits per heavy atom. The Labute approximate surface area is 213 Å². The molecule has 1 aromatic heterocycles. The number of piperazine rings is 1. The number of pyridine rings is 1. The third-order valence-corrected chi connectivity index (χ3v) is 8.39. The highest BCUT2D eigenvalue weighted by atomic mass is 32.2. The van der Waals surface area contributed by atoms with Crippen LogP contribution in [0.5, 0.6) is 0 Å². The summed E-state index contributed by atoms with van der Waals surface area (Å²) in [5.41, 5.74) is 2.44. The van der Waals surface area contributed by atoms with Gasteiger partial charge >= 0.3 is 6.18 Å². The highest BCUT2D eigenvalue weighted by Crippen LogP contribution is 2.44. The maximum Gasteiger partial charge on any atom is 0.416 e. The van der Waals surface area contributed by atoms with Crippen molar-refractivity contribution in [2.24, 2.45) is 0 Å². The third kappa shape index (κ3) is 5.28. The lowest BCUT2D eigenvalue weighted by molar-refractivity contribution is -0.137. The van der Waals surface area contributed by atoms with Gasteiger partial charge < -0.3 is 9.80 Å². The van der Waals surface area contributed by atoms with Gasteiger partial charge in [-0.15, -0.1) is 0 Å². The molecule has 0 amide bonds. The number of nitrogens with one attached hydrogen (secondary N) is 1. The molecule has 0 spiro atoms. The van der Waals surface area contributed by atoms with Gasteiger partial charge in [-0.1, -0.05) is 18.2 Å². The van der Waals surface area contributed by atoms with Crippen molar-refractivity contribution in [3.05, 3.63) is 82.8 Å². The summed E-state index contributed by atoms with van der Waals surface area (Å²) in [7, 11) is -2.01. The number of hydrogen-bond acceptors (Lipinski definition) is 5. The molecule has 0 unspecified atom stereocenters. The second kappa shape index (κ2) is 9.60. The van der Waals surface area contributed by atoms with Gasteiger partial charge in [-0.2, -0.15) is 17.6 Å². The highest BCUT2D eigenvalue weighted by molar-refractivity contribution is 7.92. The van der Waals surface area contributed by atoms with Crippen LogP contribution in [-0.2, 0) is 22.6 Å². The summed E-state index contributed by atoms with van der Waals surface area (Å²) in [6, 6.07) is 12.5. The van der Waals surface area contributed by atoms with E-state index in [1.165, 1.54) is 24.3 Å². The van der Waals surface area contributed by atoms with Gasteiger partial charge in [0.05, 0.1) is 10.5 Å². The lowest BCUT2D eigenvalue weighted by Gasteiger charge is -2.36. The smallest absolute Gasteiger partial charge is 0.369 e. The van der Waals surface area contributed by atoms with Gasteiger partial charge in [0.1, 0.15) is 5.82 Å². The Morgan fingerprint density at radius 3 is 2.41 bits per heavy atom. The van der Waals surface area contributed by atoms with Crippen LogP contribution in [0.4, 0.5) is 29.1 Å². The number of likely N-dealkylation sites (N-methyl/N-ethyl adjacent to an activating group) is 1. The Kier molecular flexibility index (Phi) is 6.61. The van der Waals surface area contributed by atoms with Gasteiger partial charge in [-0.3, -0.25) is 4.72 Å². The van der Waals surface area contributed by atoms with E-state index in [1.54, 1.807) is 18.2 Å². The van der Waals surface area contributed by atoms with Crippen LogP contribution in [0.3, 0.4) is 0 Å². The van der Waals surface area contributed by atoms with E-state index in [0.717, 1.165) is 41.9 Å². The molecule has 0 radical (unpaired) electrons. The van der Waals surface area contributed by atoms with Gasteiger partial charge in [0.25, 0.3) is 10.0 Å². The van der Waals surface area contributed by atoms with E-state index in [1.807, 2.05) is 11.9 Å². The van der Waals surface area contributed by atoms with Gasteiger partial charge in [-0.25, -0.2) is 13.4 Å². The van der Waals surface area contributed by atoms with E-state index < -0.39 is 27.7 Å². The van der Waals surface area contributed by atoms with Crippen molar-refractivity contribution >= 4 is 21.5 Å². The van der Waals surface area contributed by atoms with E-state index in [-0.39, 0.29) is 16.6 Å². The second-order valence-corrected chi connectivity index (χ2v) is 11.1. The second-order valence-electron chi connectivity index (χ2n) is 9.46. The maximum atomic E-state index is 13.6. The van der Waals surface area contributed by atoms with Gasteiger partial charge in [0.15, 0.2) is 0 Å². The number of nitrogens with zero attached hydrogens (tertiary/aromatic N) is 3. The molecule has 3 aromatic rings. The zero-order valence-electron chi connectivity index (χ0n) is 20.1. The van der Waals surface area contributed by atoms with E-state index in [9.17, 15) is 26.0 Å². The van der Waals surface area contributed by atoms with E-state index in [4.69, 9.17) is 0 Å². The first-order chi connectivity index (χ1) is 17.5. The lowest BCUT2D eigenvalue weighted by atomic mass is 9.90. The maximum absolute atomic E-state index is 13.6. The fraction of sp³-hybridized carbons (Fsp3) is 0.346. The fourth-order valence-electron chi connectivity index (χ4n) is 5.08. The van der Waals surface area contributed by atoms with E-state index in [0.29, 0.717) is 31.6 Å². The molecule has 2 aromatic carbocycles. The predicted octanol–water partition coefficient (Wildman–Crippen LogP) is 4.87. The van der Waals surface area contributed by atoms with Crippen molar-refractivity contribution in [1.82, 2.24) is 9.88 Å². The number of rotatable bonds is 5. The first kappa shape index (κ1) is 25.5. The number of aromatic nitrogens is 1. The minimum Gasteiger partial charge on any atom is -0.369 e. The first-order valence-electron chi connectivity index (χ1n) is 11.9. The molecule has 6 nitrogen and oxygen atoms in total. The molecule has 1 aliphatic carbocycles. The van der Waals surface area contributed by atoms with Crippen LogP contribution in [0.25, 0.3) is 0 Å². The van der Waals surface area contributed by atoms with Crippen LogP contribution in [0.1, 0.15) is 34.6 Å². The van der Waals surface area contributed by atoms with Gasteiger partial charge in [-0.05, 0) is 73.0 Å². The molecule has 1 atom stereocenters. The Balaban J connectivity index is 1.47. The molecule has 1 N–H and O–H groups in total. The zero-order chi connectivity index (χ0) is 26.4. The largest absolute Gasteiger partial charge is 0.416 e. The van der Waals surface area contributed by atoms with E-state index >= 15 is 0 Å². The minimum atomic E-state index is -4.44. The molecule has 37 heavy (non-hydrogen) atoms. The summed E-state index contributed by atoms with van der Waals surface area (Å²) in [5.74, 6) is -1.08. The molecule has 1 fully saturated rings. The van der Waals surface area contributed by atoms with Crippen molar-refractivity contribution < 1.29 is 26.0 Å². The van der Waals surface area contributed by atoms with Crippen molar-refractivity contribution in [3.63, 3.8) is 0 Å². The van der Waals surface area contributed by atoms with E-state index in [2.05, 4.69) is 14.6 Å². The highest BCUT2D eigenvalue weighted by Gasteiger charge is 2.34. The molecule has 0 saturated carbocycles. The fourth-order valence-corrected chi connectivity index (χ4v) is 6.13. The molecule has 2 aliphatic rings. The van der Waals surface area contributed by atoms with Crippen LogP contribution in [-0.4, -0.2) is 51.5 Å². The summed E-state index contributed by atoms with van der Waals surface area (Å²) >= 11 is 0. The average Bonchev–Trinajstić information content (AvgIpc) is 3.27. The Morgan fingerprint density at radius 1 is 0.973 bits per heavy atom. The number of aryl methyl sites for hydroxylation is 1.